The number of halogens is 1. The maximum absolute atomic E-state index is 12.4. The Morgan fingerprint density at radius 1 is 1.17 bits per heavy atom. The molecular weight excluding hydrogens is 408 g/mol. The minimum Gasteiger partial charge on any atom is -0.383 e. The van der Waals surface area contributed by atoms with Gasteiger partial charge in [0.2, 0.25) is 5.91 Å². The van der Waals surface area contributed by atoms with Gasteiger partial charge in [0.1, 0.15) is 5.82 Å². The monoisotopic (exact) mass is 430 g/mol. The molecule has 0 aliphatic rings. The highest BCUT2D eigenvalue weighted by Crippen LogP contribution is 2.24. The summed E-state index contributed by atoms with van der Waals surface area (Å²) < 4.78 is 7.24. The summed E-state index contributed by atoms with van der Waals surface area (Å²) in [7, 11) is 1.66. The molecule has 1 amide bonds. The van der Waals surface area contributed by atoms with Crippen molar-refractivity contribution in [2.45, 2.75) is 25.0 Å². The molecule has 152 valence electrons. The van der Waals surface area contributed by atoms with Crippen molar-refractivity contribution in [1.82, 2.24) is 14.8 Å². The van der Waals surface area contributed by atoms with Crippen LogP contribution in [0, 0.1) is 6.92 Å². The first-order valence-electron chi connectivity index (χ1n) is 9.21. The third-order valence-electron chi connectivity index (χ3n) is 4.39. The lowest BCUT2D eigenvalue weighted by atomic mass is 10.1. The SMILES string of the molecule is COCCn1c(Cc2ccccc2)nnc1SCC(=O)Nc1cccc(Cl)c1C. The molecule has 29 heavy (non-hydrogen) atoms. The van der Waals surface area contributed by atoms with Crippen LogP contribution in [0.15, 0.2) is 53.7 Å². The number of hydrogen-bond donors (Lipinski definition) is 1. The minimum atomic E-state index is -0.119. The smallest absolute Gasteiger partial charge is 0.234 e. The van der Waals surface area contributed by atoms with Gasteiger partial charge in [-0.05, 0) is 30.2 Å². The first kappa shape index (κ1) is 21.4. The van der Waals surface area contributed by atoms with E-state index in [0.29, 0.717) is 35.4 Å². The molecule has 0 aliphatic heterocycles. The number of hydrogen-bond acceptors (Lipinski definition) is 5. The van der Waals surface area contributed by atoms with E-state index in [0.717, 1.165) is 17.0 Å². The summed E-state index contributed by atoms with van der Waals surface area (Å²) in [5, 5.41) is 12.9. The molecule has 1 N–H and O–H groups in total. The molecule has 0 saturated heterocycles. The lowest BCUT2D eigenvalue weighted by molar-refractivity contribution is -0.113. The van der Waals surface area contributed by atoms with Gasteiger partial charge in [0, 0.05) is 30.8 Å². The van der Waals surface area contributed by atoms with Crippen molar-refractivity contribution in [3.8, 4) is 0 Å². The molecule has 0 saturated carbocycles. The first-order chi connectivity index (χ1) is 14.1. The van der Waals surface area contributed by atoms with E-state index in [1.165, 1.54) is 11.8 Å². The fourth-order valence-corrected chi connectivity index (χ4v) is 3.76. The fraction of sp³-hybridized carbons (Fsp3) is 0.286. The third kappa shape index (κ3) is 5.82. The molecule has 0 radical (unpaired) electrons. The van der Waals surface area contributed by atoms with Crippen LogP contribution in [0.3, 0.4) is 0 Å². The van der Waals surface area contributed by atoms with Crippen molar-refractivity contribution in [3.63, 3.8) is 0 Å². The van der Waals surface area contributed by atoms with Crippen LogP contribution in [0.1, 0.15) is 17.0 Å². The minimum absolute atomic E-state index is 0.119. The Hall–Kier alpha value is -2.35. The molecule has 1 heterocycles. The lowest BCUT2D eigenvalue weighted by Gasteiger charge is -2.11. The van der Waals surface area contributed by atoms with Gasteiger partial charge in [0.15, 0.2) is 5.16 Å². The first-order valence-corrected chi connectivity index (χ1v) is 10.6. The van der Waals surface area contributed by atoms with Gasteiger partial charge < -0.3 is 14.6 Å². The number of benzene rings is 2. The van der Waals surface area contributed by atoms with Crippen molar-refractivity contribution < 1.29 is 9.53 Å². The molecule has 3 rings (SSSR count). The van der Waals surface area contributed by atoms with Crippen LogP contribution in [0.5, 0.6) is 0 Å². The number of nitrogens with one attached hydrogen (secondary N) is 1. The van der Waals surface area contributed by atoms with Gasteiger partial charge in [-0.3, -0.25) is 4.79 Å². The normalized spacial score (nSPS) is 10.9. The Morgan fingerprint density at radius 3 is 2.72 bits per heavy atom. The molecule has 6 nitrogen and oxygen atoms in total. The van der Waals surface area contributed by atoms with Crippen molar-refractivity contribution in [3.05, 3.63) is 70.5 Å². The second-order valence-electron chi connectivity index (χ2n) is 6.45. The molecular formula is C21H23ClN4O2S. The van der Waals surface area contributed by atoms with E-state index in [1.54, 1.807) is 13.2 Å². The van der Waals surface area contributed by atoms with Gasteiger partial charge in [-0.25, -0.2) is 0 Å². The van der Waals surface area contributed by atoms with Gasteiger partial charge in [0.25, 0.3) is 0 Å². The highest BCUT2D eigenvalue weighted by atomic mass is 35.5. The molecule has 0 fully saturated rings. The Balaban J connectivity index is 1.67. The lowest BCUT2D eigenvalue weighted by Crippen LogP contribution is -2.16. The van der Waals surface area contributed by atoms with Crippen LogP contribution >= 0.6 is 23.4 Å². The van der Waals surface area contributed by atoms with E-state index in [1.807, 2.05) is 41.8 Å². The molecule has 0 unspecified atom stereocenters. The largest absolute Gasteiger partial charge is 0.383 e. The standard InChI is InChI=1S/C21H23ClN4O2S/c1-15-17(22)9-6-10-18(15)23-20(27)14-29-21-25-24-19(26(21)11-12-28-2)13-16-7-4-3-5-8-16/h3-10H,11-14H2,1-2H3,(H,23,27). The predicted octanol–water partition coefficient (Wildman–Crippen LogP) is 4.21. The van der Waals surface area contributed by atoms with Crippen LogP contribution in [-0.2, 0) is 22.5 Å². The third-order valence-corrected chi connectivity index (χ3v) is 5.77. The fourth-order valence-electron chi connectivity index (χ4n) is 2.80. The topological polar surface area (TPSA) is 69.0 Å². The number of methoxy groups -OCH3 is 1. The number of amides is 1. The summed E-state index contributed by atoms with van der Waals surface area (Å²) in [5.74, 6) is 0.954. The van der Waals surface area contributed by atoms with E-state index in [-0.39, 0.29) is 11.7 Å². The van der Waals surface area contributed by atoms with E-state index in [9.17, 15) is 4.79 Å². The molecule has 0 spiro atoms. The number of ether oxygens (including phenoxy) is 1. The van der Waals surface area contributed by atoms with Crippen molar-refractivity contribution in [2.24, 2.45) is 0 Å². The summed E-state index contributed by atoms with van der Waals surface area (Å²) in [4.78, 5) is 12.4. The number of carbonyl (C=O) groups is 1. The van der Waals surface area contributed by atoms with Crippen molar-refractivity contribution >= 4 is 35.0 Å². The van der Waals surface area contributed by atoms with Gasteiger partial charge >= 0.3 is 0 Å². The second-order valence-corrected chi connectivity index (χ2v) is 7.80. The van der Waals surface area contributed by atoms with Crippen LogP contribution in [0.4, 0.5) is 5.69 Å². The Bertz CT molecular complexity index is 963. The molecule has 0 bridgehead atoms. The average molecular weight is 431 g/mol. The molecule has 8 heteroatoms. The summed E-state index contributed by atoms with van der Waals surface area (Å²) in [5.41, 5.74) is 2.72. The van der Waals surface area contributed by atoms with Crippen LogP contribution in [-0.4, -0.2) is 40.1 Å². The second kappa shape index (κ2) is 10.4. The summed E-state index contributed by atoms with van der Waals surface area (Å²) >= 11 is 7.47. The van der Waals surface area contributed by atoms with Crippen LogP contribution < -0.4 is 5.32 Å². The zero-order valence-corrected chi connectivity index (χ0v) is 18.0. The zero-order chi connectivity index (χ0) is 20.6. The van der Waals surface area contributed by atoms with E-state index < -0.39 is 0 Å². The Morgan fingerprint density at radius 2 is 1.97 bits per heavy atom. The number of carbonyl (C=O) groups excluding carboxylic acids is 1. The van der Waals surface area contributed by atoms with Crippen LogP contribution in [0.25, 0.3) is 0 Å². The van der Waals surface area contributed by atoms with Crippen LogP contribution in [0.2, 0.25) is 5.02 Å². The highest BCUT2D eigenvalue weighted by Gasteiger charge is 2.15. The molecule has 2 aromatic carbocycles. The molecule has 3 aromatic rings. The maximum atomic E-state index is 12.4. The molecule has 0 atom stereocenters. The van der Waals surface area contributed by atoms with Gasteiger partial charge in [0.05, 0.1) is 12.4 Å². The Kier molecular flexibility index (Phi) is 7.69. The quantitative estimate of drug-likeness (QED) is 0.515. The maximum Gasteiger partial charge on any atom is 0.234 e. The van der Waals surface area contributed by atoms with E-state index in [2.05, 4.69) is 27.6 Å². The number of aromatic nitrogens is 3. The van der Waals surface area contributed by atoms with Crippen molar-refractivity contribution in [1.29, 1.82) is 0 Å². The van der Waals surface area contributed by atoms with Gasteiger partial charge in [-0.15, -0.1) is 10.2 Å². The molecule has 0 aliphatic carbocycles. The highest BCUT2D eigenvalue weighted by molar-refractivity contribution is 7.99. The Labute approximate surface area is 179 Å². The predicted molar refractivity (Wildman–Crippen MR) is 117 cm³/mol. The van der Waals surface area contributed by atoms with E-state index >= 15 is 0 Å². The zero-order valence-electron chi connectivity index (χ0n) is 16.4. The number of rotatable bonds is 9. The van der Waals surface area contributed by atoms with Gasteiger partial charge in [-0.2, -0.15) is 0 Å². The van der Waals surface area contributed by atoms with Crippen molar-refractivity contribution in [2.75, 3.05) is 24.8 Å². The van der Waals surface area contributed by atoms with Gasteiger partial charge in [-0.1, -0.05) is 59.8 Å². The summed E-state index contributed by atoms with van der Waals surface area (Å²) in [6, 6.07) is 15.6. The number of thioether (sulfide) groups is 1. The number of anilines is 1. The van der Waals surface area contributed by atoms with E-state index in [4.69, 9.17) is 16.3 Å². The molecule has 1 aromatic heterocycles. The summed E-state index contributed by atoms with van der Waals surface area (Å²) in [6.45, 7) is 3.05. The number of nitrogens with zero attached hydrogens (tertiary/aromatic N) is 3. The average Bonchev–Trinajstić information content (AvgIpc) is 3.10. The summed E-state index contributed by atoms with van der Waals surface area (Å²) in [6.07, 6.45) is 0.673.